The fourth-order valence-electron chi connectivity index (χ4n) is 2.75. The van der Waals surface area contributed by atoms with Crippen molar-refractivity contribution in [3.8, 4) is 11.5 Å². The van der Waals surface area contributed by atoms with Gasteiger partial charge in [0.25, 0.3) is 0 Å². The number of hydrogen-bond acceptors (Lipinski definition) is 4. The molecular formula is C21H22ClN3O2. The van der Waals surface area contributed by atoms with Gasteiger partial charge in [-0.05, 0) is 38.5 Å². The number of amides is 1. The molecule has 0 atom stereocenters. The maximum absolute atomic E-state index is 12.8. The quantitative estimate of drug-likeness (QED) is 0.620. The fraction of sp³-hybridized carbons (Fsp3) is 0.286. The van der Waals surface area contributed by atoms with E-state index in [4.69, 9.17) is 16.0 Å². The Morgan fingerprint density at radius 2 is 1.81 bits per heavy atom. The van der Waals surface area contributed by atoms with Gasteiger partial charge in [-0.3, -0.25) is 4.79 Å². The maximum Gasteiger partial charge on any atom is 0.249 e. The average molecular weight is 384 g/mol. The van der Waals surface area contributed by atoms with Crippen molar-refractivity contribution in [1.82, 2.24) is 15.1 Å². The van der Waals surface area contributed by atoms with Gasteiger partial charge in [0.05, 0.1) is 23.6 Å². The third-order valence-electron chi connectivity index (χ3n) is 4.30. The molecule has 5 nitrogen and oxygen atoms in total. The van der Waals surface area contributed by atoms with Gasteiger partial charge in [-0.1, -0.05) is 53.6 Å². The summed E-state index contributed by atoms with van der Waals surface area (Å²) in [5.41, 5.74) is 2.84. The van der Waals surface area contributed by atoms with Crippen LogP contribution in [0.3, 0.4) is 0 Å². The molecule has 0 aliphatic carbocycles. The molecule has 3 aromatic rings. The van der Waals surface area contributed by atoms with E-state index in [1.165, 1.54) is 5.56 Å². The number of carbonyl (C=O) groups excluding carboxylic acids is 1. The van der Waals surface area contributed by atoms with Crippen molar-refractivity contribution in [2.75, 3.05) is 0 Å². The number of aromatic nitrogens is 2. The molecule has 0 saturated carbocycles. The van der Waals surface area contributed by atoms with Crippen LogP contribution in [0.25, 0.3) is 11.5 Å². The Morgan fingerprint density at radius 3 is 2.48 bits per heavy atom. The second kappa shape index (κ2) is 8.35. The normalized spacial score (nSPS) is 11.0. The Balaban J connectivity index is 1.74. The summed E-state index contributed by atoms with van der Waals surface area (Å²) in [4.78, 5) is 14.5. The molecule has 0 spiro atoms. The van der Waals surface area contributed by atoms with Gasteiger partial charge in [0.15, 0.2) is 0 Å². The Morgan fingerprint density at radius 1 is 1.11 bits per heavy atom. The lowest BCUT2D eigenvalue weighted by atomic mass is 10.1. The summed E-state index contributed by atoms with van der Waals surface area (Å²) in [6.07, 6.45) is 0.337. The predicted octanol–water partition coefficient (Wildman–Crippen LogP) is 4.68. The van der Waals surface area contributed by atoms with Crippen LogP contribution in [-0.2, 0) is 17.8 Å². The molecule has 0 saturated heterocycles. The van der Waals surface area contributed by atoms with E-state index in [9.17, 15) is 4.79 Å². The molecule has 0 bridgehead atoms. The van der Waals surface area contributed by atoms with E-state index in [2.05, 4.69) is 10.2 Å². The molecule has 2 aromatic carbocycles. The van der Waals surface area contributed by atoms with Crippen LogP contribution in [0.5, 0.6) is 0 Å². The molecule has 27 heavy (non-hydrogen) atoms. The van der Waals surface area contributed by atoms with E-state index < -0.39 is 0 Å². The molecule has 6 heteroatoms. The van der Waals surface area contributed by atoms with Gasteiger partial charge < -0.3 is 9.32 Å². The molecule has 1 amide bonds. The number of carbonyl (C=O) groups is 1. The number of hydrogen-bond donors (Lipinski definition) is 0. The Hall–Kier alpha value is -2.66. The zero-order valence-electron chi connectivity index (χ0n) is 15.6. The summed E-state index contributed by atoms with van der Waals surface area (Å²) in [5, 5.41) is 8.71. The van der Waals surface area contributed by atoms with Crippen molar-refractivity contribution in [2.45, 2.75) is 39.8 Å². The summed E-state index contributed by atoms with van der Waals surface area (Å²) in [6, 6.07) is 15.3. The first-order valence-electron chi connectivity index (χ1n) is 8.86. The predicted molar refractivity (Wildman–Crippen MR) is 105 cm³/mol. The van der Waals surface area contributed by atoms with Crippen LogP contribution in [-0.4, -0.2) is 27.0 Å². The highest BCUT2D eigenvalue weighted by Crippen LogP contribution is 2.26. The monoisotopic (exact) mass is 383 g/mol. The van der Waals surface area contributed by atoms with Crippen molar-refractivity contribution in [3.05, 3.63) is 70.6 Å². The summed E-state index contributed by atoms with van der Waals surface area (Å²) in [6.45, 7) is 6.23. The molecule has 0 unspecified atom stereocenters. The standard InChI is InChI=1S/C21H22ClN3O2/c1-14(2)25(20(26)12-16-10-8-15(3)9-11-16)13-19-23-24-21(27-19)17-6-4-5-7-18(17)22/h4-11,14H,12-13H2,1-3H3. The number of benzene rings is 2. The van der Waals surface area contributed by atoms with E-state index in [0.717, 1.165) is 5.56 Å². The highest BCUT2D eigenvalue weighted by molar-refractivity contribution is 6.33. The minimum Gasteiger partial charge on any atom is -0.419 e. The van der Waals surface area contributed by atoms with Crippen LogP contribution < -0.4 is 0 Å². The molecule has 0 aliphatic rings. The lowest BCUT2D eigenvalue weighted by Crippen LogP contribution is -2.37. The Bertz CT molecular complexity index is 919. The molecule has 0 fully saturated rings. The summed E-state index contributed by atoms with van der Waals surface area (Å²) < 4.78 is 5.75. The van der Waals surface area contributed by atoms with Crippen molar-refractivity contribution < 1.29 is 9.21 Å². The minimum atomic E-state index is 0.0126. The molecule has 0 N–H and O–H groups in total. The first-order valence-corrected chi connectivity index (χ1v) is 9.24. The minimum absolute atomic E-state index is 0.0126. The first kappa shape index (κ1) is 19.1. The van der Waals surface area contributed by atoms with Gasteiger partial charge >= 0.3 is 0 Å². The molecular weight excluding hydrogens is 362 g/mol. The smallest absolute Gasteiger partial charge is 0.249 e. The highest BCUT2D eigenvalue weighted by Gasteiger charge is 2.21. The average Bonchev–Trinajstić information content (AvgIpc) is 3.10. The molecule has 3 rings (SSSR count). The van der Waals surface area contributed by atoms with E-state index in [-0.39, 0.29) is 18.5 Å². The Kier molecular flexibility index (Phi) is 5.91. The lowest BCUT2D eigenvalue weighted by molar-refractivity contribution is -0.133. The topological polar surface area (TPSA) is 59.2 Å². The third-order valence-corrected chi connectivity index (χ3v) is 4.63. The van der Waals surface area contributed by atoms with Gasteiger partial charge in [0.1, 0.15) is 0 Å². The molecule has 1 heterocycles. The number of halogens is 1. The van der Waals surface area contributed by atoms with E-state index in [0.29, 0.717) is 28.8 Å². The van der Waals surface area contributed by atoms with Crippen molar-refractivity contribution >= 4 is 17.5 Å². The van der Waals surface area contributed by atoms with Gasteiger partial charge in [0.2, 0.25) is 17.7 Å². The zero-order chi connectivity index (χ0) is 19.4. The first-order chi connectivity index (χ1) is 12.9. The molecule has 0 radical (unpaired) electrons. The lowest BCUT2D eigenvalue weighted by Gasteiger charge is -2.25. The van der Waals surface area contributed by atoms with Gasteiger partial charge in [-0.25, -0.2) is 0 Å². The van der Waals surface area contributed by atoms with Crippen LogP contribution >= 0.6 is 11.6 Å². The number of nitrogens with zero attached hydrogens (tertiary/aromatic N) is 3. The summed E-state index contributed by atoms with van der Waals surface area (Å²) in [7, 11) is 0. The van der Waals surface area contributed by atoms with E-state index in [1.807, 2.05) is 63.2 Å². The van der Waals surface area contributed by atoms with Crippen molar-refractivity contribution in [3.63, 3.8) is 0 Å². The largest absolute Gasteiger partial charge is 0.419 e. The highest BCUT2D eigenvalue weighted by atomic mass is 35.5. The van der Waals surface area contributed by atoms with E-state index >= 15 is 0 Å². The van der Waals surface area contributed by atoms with Crippen LogP contribution in [0.1, 0.15) is 30.9 Å². The van der Waals surface area contributed by atoms with Gasteiger partial charge in [-0.2, -0.15) is 0 Å². The molecule has 0 aliphatic heterocycles. The summed E-state index contributed by atoms with van der Waals surface area (Å²) >= 11 is 6.18. The van der Waals surface area contributed by atoms with Crippen molar-refractivity contribution in [2.24, 2.45) is 0 Å². The second-order valence-electron chi connectivity index (χ2n) is 6.76. The summed E-state index contributed by atoms with van der Waals surface area (Å²) in [5.74, 6) is 0.757. The fourth-order valence-corrected chi connectivity index (χ4v) is 2.96. The van der Waals surface area contributed by atoms with Crippen LogP contribution in [0.2, 0.25) is 5.02 Å². The van der Waals surface area contributed by atoms with Crippen LogP contribution in [0.4, 0.5) is 0 Å². The molecule has 1 aromatic heterocycles. The van der Waals surface area contributed by atoms with Crippen LogP contribution in [0, 0.1) is 6.92 Å². The zero-order valence-corrected chi connectivity index (χ0v) is 16.4. The van der Waals surface area contributed by atoms with Crippen molar-refractivity contribution in [1.29, 1.82) is 0 Å². The number of rotatable bonds is 6. The Labute approximate surface area is 164 Å². The third kappa shape index (κ3) is 4.74. The van der Waals surface area contributed by atoms with Gasteiger partial charge in [-0.15, -0.1) is 10.2 Å². The van der Waals surface area contributed by atoms with Crippen LogP contribution in [0.15, 0.2) is 52.9 Å². The van der Waals surface area contributed by atoms with E-state index in [1.54, 1.807) is 11.0 Å². The second-order valence-corrected chi connectivity index (χ2v) is 7.17. The maximum atomic E-state index is 12.8. The van der Waals surface area contributed by atoms with Gasteiger partial charge in [0, 0.05) is 6.04 Å². The number of aryl methyl sites for hydroxylation is 1. The molecule has 140 valence electrons. The SMILES string of the molecule is Cc1ccc(CC(=O)N(Cc2nnc(-c3ccccc3Cl)o2)C(C)C)cc1.